The van der Waals surface area contributed by atoms with Crippen molar-refractivity contribution in [1.82, 2.24) is 9.80 Å². The number of benzene rings is 3. The van der Waals surface area contributed by atoms with Gasteiger partial charge < -0.3 is 19.3 Å². The molecule has 0 bridgehead atoms. The van der Waals surface area contributed by atoms with E-state index in [4.69, 9.17) is 21.1 Å². The molecule has 5 rings (SSSR count). The Morgan fingerprint density at radius 3 is 2.37 bits per heavy atom. The zero-order valence-corrected chi connectivity index (χ0v) is 20.6. The highest BCUT2D eigenvalue weighted by molar-refractivity contribution is 6.30. The van der Waals surface area contributed by atoms with Gasteiger partial charge in [0.1, 0.15) is 0 Å². The molecule has 6 heteroatoms. The van der Waals surface area contributed by atoms with Gasteiger partial charge in [0, 0.05) is 42.8 Å². The first-order valence-electron chi connectivity index (χ1n) is 12.4. The Balaban J connectivity index is 1.24. The number of rotatable bonds is 8. The first-order valence-corrected chi connectivity index (χ1v) is 12.7. The van der Waals surface area contributed by atoms with E-state index in [2.05, 4.69) is 46.2 Å². The fourth-order valence-electron chi connectivity index (χ4n) is 4.93. The molecule has 182 valence electrons. The summed E-state index contributed by atoms with van der Waals surface area (Å²) >= 11 is 6.01. The molecule has 1 fully saturated rings. The summed E-state index contributed by atoms with van der Waals surface area (Å²) in [7, 11) is 0. The van der Waals surface area contributed by atoms with E-state index in [-0.39, 0.29) is 18.7 Å². The number of carbonyl (C=O) groups is 1. The molecule has 0 saturated carbocycles. The monoisotopic (exact) mass is 490 g/mol. The Morgan fingerprint density at radius 1 is 0.886 bits per heavy atom. The molecule has 5 nitrogen and oxygen atoms in total. The highest BCUT2D eigenvalue weighted by atomic mass is 35.5. The molecule has 2 heterocycles. The Bertz CT molecular complexity index is 1130. The van der Waals surface area contributed by atoms with E-state index in [1.807, 2.05) is 36.4 Å². The molecular formula is C29H31ClN2O3. The number of likely N-dealkylation sites (tertiary alicyclic amines) is 1. The normalized spacial score (nSPS) is 15.8. The van der Waals surface area contributed by atoms with Gasteiger partial charge in [-0.2, -0.15) is 0 Å². The fraction of sp³-hybridized carbons (Fsp3) is 0.345. The Kier molecular flexibility index (Phi) is 7.55. The number of amides is 1. The maximum absolute atomic E-state index is 13.7. The summed E-state index contributed by atoms with van der Waals surface area (Å²) in [6, 6.07) is 24.2. The highest BCUT2D eigenvalue weighted by Crippen LogP contribution is 2.33. The van der Waals surface area contributed by atoms with Crippen LogP contribution in [0.4, 0.5) is 0 Å². The first kappa shape index (κ1) is 23.7. The van der Waals surface area contributed by atoms with E-state index in [1.54, 1.807) is 0 Å². The van der Waals surface area contributed by atoms with Crippen LogP contribution < -0.4 is 9.47 Å². The number of halogens is 1. The lowest BCUT2D eigenvalue weighted by Crippen LogP contribution is -2.48. The minimum absolute atomic E-state index is 0.0684. The highest BCUT2D eigenvalue weighted by Gasteiger charge is 2.29. The fourth-order valence-corrected chi connectivity index (χ4v) is 5.06. The standard InChI is InChI=1S/C29H31ClN2O3/c30-25-9-6-23(7-10-25)12-16-31-17-14-26(15-18-31)32(19-13-22-4-2-1-3-5-22)29(33)24-8-11-27-28(20-24)35-21-34-27/h1-11,20,26H,12-19,21H2. The predicted octanol–water partition coefficient (Wildman–Crippen LogP) is 5.46. The minimum atomic E-state index is 0.0684. The van der Waals surface area contributed by atoms with Crippen LogP contribution >= 0.6 is 11.6 Å². The SMILES string of the molecule is O=C(c1ccc2c(c1)OCO2)N(CCc1ccccc1)C1CCN(CCc2ccc(Cl)cc2)CC1. The van der Waals surface area contributed by atoms with Crippen molar-refractivity contribution < 1.29 is 14.3 Å². The Hall–Kier alpha value is -3.02. The van der Waals surface area contributed by atoms with Crippen LogP contribution in [0.2, 0.25) is 5.02 Å². The summed E-state index contributed by atoms with van der Waals surface area (Å²) in [5.41, 5.74) is 3.21. The second kappa shape index (κ2) is 11.1. The van der Waals surface area contributed by atoms with Gasteiger partial charge in [-0.1, -0.05) is 54.1 Å². The van der Waals surface area contributed by atoms with Crippen molar-refractivity contribution in [3.63, 3.8) is 0 Å². The molecule has 0 aliphatic carbocycles. The number of ether oxygens (including phenoxy) is 2. The Morgan fingerprint density at radius 2 is 1.60 bits per heavy atom. The second-order valence-corrected chi connectivity index (χ2v) is 9.69. The summed E-state index contributed by atoms with van der Waals surface area (Å²) in [6.45, 7) is 3.92. The van der Waals surface area contributed by atoms with Gasteiger partial charge in [0.2, 0.25) is 6.79 Å². The van der Waals surface area contributed by atoms with Gasteiger partial charge in [-0.3, -0.25) is 4.79 Å². The number of fused-ring (bicyclic) bond motifs is 1. The van der Waals surface area contributed by atoms with Crippen molar-refractivity contribution in [1.29, 1.82) is 0 Å². The van der Waals surface area contributed by atoms with E-state index in [0.717, 1.165) is 50.3 Å². The molecule has 0 aromatic heterocycles. The lowest BCUT2D eigenvalue weighted by molar-refractivity contribution is 0.0576. The van der Waals surface area contributed by atoms with Gasteiger partial charge in [0.05, 0.1) is 0 Å². The molecule has 0 unspecified atom stereocenters. The molecule has 0 N–H and O–H groups in total. The van der Waals surface area contributed by atoms with Crippen molar-refractivity contribution >= 4 is 17.5 Å². The molecule has 0 radical (unpaired) electrons. The van der Waals surface area contributed by atoms with E-state index in [0.29, 0.717) is 23.6 Å². The lowest BCUT2D eigenvalue weighted by Gasteiger charge is -2.39. The van der Waals surface area contributed by atoms with Gasteiger partial charge >= 0.3 is 0 Å². The third kappa shape index (κ3) is 5.98. The summed E-state index contributed by atoms with van der Waals surface area (Å²) in [6.07, 6.45) is 3.81. The summed E-state index contributed by atoms with van der Waals surface area (Å²) in [4.78, 5) is 18.3. The topological polar surface area (TPSA) is 42.0 Å². The Labute approximate surface area is 212 Å². The molecule has 1 amide bonds. The second-order valence-electron chi connectivity index (χ2n) is 9.25. The van der Waals surface area contributed by atoms with Crippen molar-refractivity contribution in [2.24, 2.45) is 0 Å². The largest absolute Gasteiger partial charge is 0.454 e. The van der Waals surface area contributed by atoms with Crippen molar-refractivity contribution in [3.05, 3.63) is 94.5 Å². The smallest absolute Gasteiger partial charge is 0.254 e. The van der Waals surface area contributed by atoms with Crippen molar-refractivity contribution in [3.8, 4) is 11.5 Å². The summed E-state index contributed by atoms with van der Waals surface area (Å²) in [5.74, 6) is 1.42. The molecule has 35 heavy (non-hydrogen) atoms. The third-order valence-corrected chi connectivity index (χ3v) is 7.24. The van der Waals surface area contributed by atoms with Crippen LogP contribution in [0.1, 0.15) is 34.3 Å². The molecule has 3 aromatic carbocycles. The zero-order valence-electron chi connectivity index (χ0n) is 19.9. The minimum Gasteiger partial charge on any atom is -0.454 e. The number of hydrogen-bond donors (Lipinski definition) is 0. The molecule has 0 spiro atoms. The number of hydrogen-bond acceptors (Lipinski definition) is 4. The predicted molar refractivity (Wildman–Crippen MR) is 138 cm³/mol. The van der Waals surface area contributed by atoms with Crippen LogP contribution in [0.25, 0.3) is 0 Å². The molecule has 1 saturated heterocycles. The summed E-state index contributed by atoms with van der Waals surface area (Å²) < 4.78 is 10.9. The quantitative estimate of drug-likeness (QED) is 0.420. The van der Waals surface area contributed by atoms with Gasteiger partial charge in [-0.25, -0.2) is 0 Å². The average molecular weight is 491 g/mol. The first-order chi connectivity index (χ1) is 17.2. The molecule has 2 aliphatic heterocycles. The maximum Gasteiger partial charge on any atom is 0.254 e. The number of piperidine rings is 1. The van der Waals surface area contributed by atoms with Crippen LogP contribution in [0.15, 0.2) is 72.8 Å². The van der Waals surface area contributed by atoms with E-state index in [9.17, 15) is 4.79 Å². The van der Waals surface area contributed by atoms with Crippen LogP contribution in [0.3, 0.4) is 0 Å². The van der Waals surface area contributed by atoms with E-state index in [1.165, 1.54) is 11.1 Å². The average Bonchev–Trinajstić information content (AvgIpc) is 3.38. The van der Waals surface area contributed by atoms with Crippen molar-refractivity contribution in [2.45, 2.75) is 31.7 Å². The third-order valence-electron chi connectivity index (χ3n) is 6.99. The number of carbonyl (C=O) groups excluding carboxylic acids is 1. The van der Waals surface area contributed by atoms with Crippen LogP contribution in [0, 0.1) is 0 Å². The maximum atomic E-state index is 13.7. The molecule has 0 atom stereocenters. The van der Waals surface area contributed by atoms with E-state index >= 15 is 0 Å². The molecule has 3 aromatic rings. The van der Waals surface area contributed by atoms with Crippen LogP contribution in [0.5, 0.6) is 11.5 Å². The van der Waals surface area contributed by atoms with Gasteiger partial charge in [-0.15, -0.1) is 0 Å². The van der Waals surface area contributed by atoms with Gasteiger partial charge in [0.15, 0.2) is 11.5 Å². The number of nitrogens with zero attached hydrogens (tertiary/aromatic N) is 2. The van der Waals surface area contributed by atoms with Crippen LogP contribution in [-0.2, 0) is 12.8 Å². The van der Waals surface area contributed by atoms with E-state index < -0.39 is 0 Å². The molecular weight excluding hydrogens is 460 g/mol. The van der Waals surface area contributed by atoms with Gasteiger partial charge in [-0.05, 0) is 67.1 Å². The molecule has 2 aliphatic rings. The van der Waals surface area contributed by atoms with Crippen molar-refractivity contribution in [2.75, 3.05) is 33.0 Å². The van der Waals surface area contributed by atoms with Gasteiger partial charge in [0.25, 0.3) is 5.91 Å². The zero-order chi connectivity index (χ0) is 24.0. The lowest BCUT2D eigenvalue weighted by atomic mass is 10.00. The van der Waals surface area contributed by atoms with Crippen LogP contribution in [-0.4, -0.2) is 54.7 Å². The summed E-state index contributed by atoms with van der Waals surface area (Å²) in [5, 5.41) is 0.775.